The second kappa shape index (κ2) is 4.97. The Hall–Kier alpha value is -1.94. The molecule has 1 aromatic heterocycles. The third kappa shape index (κ3) is 2.44. The summed E-state index contributed by atoms with van der Waals surface area (Å²) in [6.45, 7) is 1.41. The minimum Gasteiger partial charge on any atom is -0.336 e. The number of fused-ring (bicyclic) bond motifs is 1. The number of rotatable bonds is 1. The molecule has 1 amide bonds. The van der Waals surface area contributed by atoms with Crippen LogP contribution in [0, 0.1) is 0 Å². The molecule has 98 valence electrons. The van der Waals surface area contributed by atoms with E-state index in [1.807, 2.05) is 35.2 Å². The van der Waals surface area contributed by atoms with Gasteiger partial charge in [-0.25, -0.2) is 4.98 Å². The van der Waals surface area contributed by atoms with Crippen LogP contribution in [-0.4, -0.2) is 34.9 Å². The number of benzene rings is 1. The molecule has 0 spiro atoms. The average molecular weight is 255 g/mol. The van der Waals surface area contributed by atoms with E-state index in [2.05, 4.69) is 4.98 Å². The summed E-state index contributed by atoms with van der Waals surface area (Å²) in [5.74, 6) is -0.0131. The number of hydrogen-bond acceptors (Lipinski definition) is 3. The molecule has 1 aliphatic rings. The third-order valence-electron chi connectivity index (χ3n) is 3.56. The van der Waals surface area contributed by atoms with Crippen molar-refractivity contribution in [1.82, 2.24) is 9.88 Å². The van der Waals surface area contributed by atoms with Gasteiger partial charge in [0.15, 0.2) is 0 Å². The molecule has 0 saturated carbocycles. The van der Waals surface area contributed by atoms with Crippen molar-refractivity contribution in [3.8, 4) is 0 Å². The Balaban J connectivity index is 1.88. The first-order chi connectivity index (χ1) is 9.24. The third-order valence-corrected chi connectivity index (χ3v) is 3.56. The van der Waals surface area contributed by atoms with E-state index in [-0.39, 0.29) is 11.9 Å². The maximum absolute atomic E-state index is 12.4. The summed E-state index contributed by atoms with van der Waals surface area (Å²) in [6, 6.07) is 11.7. The van der Waals surface area contributed by atoms with E-state index in [4.69, 9.17) is 5.73 Å². The van der Waals surface area contributed by atoms with Crippen molar-refractivity contribution in [3.05, 3.63) is 42.1 Å². The van der Waals surface area contributed by atoms with Crippen LogP contribution in [0.5, 0.6) is 0 Å². The fourth-order valence-corrected chi connectivity index (χ4v) is 2.54. The summed E-state index contributed by atoms with van der Waals surface area (Å²) in [7, 11) is 0. The first-order valence-corrected chi connectivity index (χ1v) is 6.65. The Morgan fingerprint density at radius 1 is 1.26 bits per heavy atom. The highest BCUT2D eigenvalue weighted by Crippen LogP contribution is 2.15. The van der Waals surface area contributed by atoms with Gasteiger partial charge < -0.3 is 10.6 Å². The highest BCUT2D eigenvalue weighted by molar-refractivity contribution is 5.95. The van der Waals surface area contributed by atoms with E-state index in [0.29, 0.717) is 12.2 Å². The Bertz CT molecular complexity index is 611. The zero-order valence-electron chi connectivity index (χ0n) is 10.7. The van der Waals surface area contributed by atoms with Crippen molar-refractivity contribution in [2.75, 3.05) is 13.1 Å². The van der Waals surface area contributed by atoms with E-state index in [0.717, 1.165) is 30.3 Å². The largest absolute Gasteiger partial charge is 0.336 e. The van der Waals surface area contributed by atoms with Crippen LogP contribution >= 0.6 is 0 Å². The van der Waals surface area contributed by atoms with Crippen LogP contribution in [0.4, 0.5) is 0 Å². The first-order valence-electron chi connectivity index (χ1n) is 6.65. The van der Waals surface area contributed by atoms with Crippen molar-refractivity contribution < 1.29 is 4.79 Å². The number of carbonyl (C=O) groups excluding carboxylic acids is 1. The van der Waals surface area contributed by atoms with Crippen LogP contribution in [-0.2, 0) is 0 Å². The number of piperidine rings is 1. The molecule has 2 aromatic rings. The number of pyridine rings is 1. The Morgan fingerprint density at radius 2 is 2.11 bits per heavy atom. The number of para-hydroxylation sites is 1. The monoisotopic (exact) mass is 255 g/mol. The van der Waals surface area contributed by atoms with Crippen molar-refractivity contribution >= 4 is 16.8 Å². The van der Waals surface area contributed by atoms with Gasteiger partial charge in [-0.2, -0.15) is 0 Å². The van der Waals surface area contributed by atoms with Crippen LogP contribution in [0.2, 0.25) is 0 Å². The molecule has 1 aliphatic heterocycles. The Morgan fingerprint density at radius 3 is 2.95 bits per heavy atom. The summed E-state index contributed by atoms with van der Waals surface area (Å²) >= 11 is 0. The van der Waals surface area contributed by atoms with Crippen LogP contribution in [0.15, 0.2) is 36.4 Å². The molecule has 19 heavy (non-hydrogen) atoms. The molecule has 1 aromatic carbocycles. The molecule has 0 radical (unpaired) electrons. The maximum atomic E-state index is 12.4. The van der Waals surface area contributed by atoms with Gasteiger partial charge in [-0.3, -0.25) is 4.79 Å². The van der Waals surface area contributed by atoms with Gasteiger partial charge in [0, 0.05) is 24.5 Å². The smallest absolute Gasteiger partial charge is 0.272 e. The van der Waals surface area contributed by atoms with Gasteiger partial charge in [0.25, 0.3) is 5.91 Å². The van der Waals surface area contributed by atoms with Crippen molar-refractivity contribution in [2.24, 2.45) is 5.73 Å². The van der Waals surface area contributed by atoms with Gasteiger partial charge in [-0.1, -0.05) is 24.3 Å². The molecule has 1 saturated heterocycles. The predicted octanol–water partition coefficient (Wildman–Crippen LogP) is 1.80. The average Bonchev–Trinajstić information content (AvgIpc) is 2.46. The summed E-state index contributed by atoms with van der Waals surface area (Å²) in [4.78, 5) is 18.7. The van der Waals surface area contributed by atoms with Crippen LogP contribution in [0.1, 0.15) is 23.3 Å². The number of hydrogen-bond donors (Lipinski definition) is 1. The number of nitrogens with two attached hydrogens (primary N) is 1. The van der Waals surface area contributed by atoms with E-state index < -0.39 is 0 Å². The Kier molecular flexibility index (Phi) is 3.17. The number of aromatic nitrogens is 1. The molecule has 2 heterocycles. The quantitative estimate of drug-likeness (QED) is 0.845. The van der Waals surface area contributed by atoms with E-state index in [1.165, 1.54) is 0 Å². The second-order valence-corrected chi connectivity index (χ2v) is 5.04. The topological polar surface area (TPSA) is 59.2 Å². The molecule has 0 bridgehead atoms. The lowest BCUT2D eigenvalue weighted by molar-refractivity contribution is 0.0703. The molecule has 1 fully saturated rings. The molecule has 1 unspecified atom stereocenters. The van der Waals surface area contributed by atoms with E-state index >= 15 is 0 Å². The second-order valence-electron chi connectivity index (χ2n) is 5.04. The summed E-state index contributed by atoms with van der Waals surface area (Å²) in [6.07, 6.45) is 1.97. The molecule has 4 heteroatoms. The van der Waals surface area contributed by atoms with Gasteiger partial charge in [0.1, 0.15) is 5.69 Å². The van der Waals surface area contributed by atoms with E-state index in [1.54, 1.807) is 6.07 Å². The van der Waals surface area contributed by atoms with Crippen molar-refractivity contribution in [1.29, 1.82) is 0 Å². The molecular formula is C15H17N3O. The molecule has 3 rings (SSSR count). The number of amides is 1. The minimum absolute atomic E-state index is 0.0131. The van der Waals surface area contributed by atoms with Gasteiger partial charge in [-0.15, -0.1) is 0 Å². The predicted molar refractivity (Wildman–Crippen MR) is 74.9 cm³/mol. The highest BCUT2D eigenvalue weighted by atomic mass is 16.2. The van der Waals surface area contributed by atoms with Gasteiger partial charge in [-0.05, 0) is 25.0 Å². The molecular weight excluding hydrogens is 238 g/mol. The van der Waals surface area contributed by atoms with Crippen molar-refractivity contribution in [3.63, 3.8) is 0 Å². The fourth-order valence-electron chi connectivity index (χ4n) is 2.54. The highest BCUT2D eigenvalue weighted by Gasteiger charge is 2.23. The maximum Gasteiger partial charge on any atom is 0.272 e. The zero-order chi connectivity index (χ0) is 13.2. The number of likely N-dealkylation sites (tertiary alicyclic amines) is 1. The summed E-state index contributed by atoms with van der Waals surface area (Å²) in [5, 5.41) is 1.05. The normalized spacial score (nSPS) is 19.6. The molecule has 0 aliphatic carbocycles. The standard InChI is InChI=1S/C15H17N3O/c16-12-5-3-9-18(10-12)15(19)14-8-7-11-4-1-2-6-13(11)17-14/h1-2,4,6-8,12H,3,5,9-10,16H2. The molecule has 2 N–H and O–H groups in total. The SMILES string of the molecule is NC1CCCN(C(=O)c2ccc3ccccc3n2)C1. The van der Waals surface area contributed by atoms with Gasteiger partial charge >= 0.3 is 0 Å². The molecule has 1 atom stereocenters. The summed E-state index contributed by atoms with van der Waals surface area (Å²) in [5.41, 5.74) is 7.28. The lowest BCUT2D eigenvalue weighted by Gasteiger charge is -2.30. The number of carbonyl (C=O) groups is 1. The van der Waals surface area contributed by atoms with Gasteiger partial charge in [0.05, 0.1) is 5.52 Å². The Labute approximate surface area is 112 Å². The van der Waals surface area contributed by atoms with E-state index in [9.17, 15) is 4.79 Å². The van der Waals surface area contributed by atoms with Crippen LogP contribution < -0.4 is 5.73 Å². The van der Waals surface area contributed by atoms with Crippen molar-refractivity contribution in [2.45, 2.75) is 18.9 Å². The molecule has 4 nitrogen and oxygen atoms in total. The van der Waals surface area contributed by atoms with Crippen LogP contribution in [0.25, 0.3) is 10.9 Å². The van der Waals surface area contributed by atoms with Gasteiger partial charge in [0.2, 0.25) is 0 Å². The fraction of sp³-hybridized carbons (Fsp3) is 0.333. The van der Waals surface area contributed by atoms with Crippen LogP contribution in [0.3, 0.4) is 0 Å². The lowest BCUT2D eigenvalue weighted by Crippen LogP contribution is -2.45. The minimum atomic E-state index is -0.0131. The lowest BCUT2D eigenvalue weighted by atomic mass is 10.1. The zero-order valence-corrected chi connectivity index (χ0v) is 10.7. The number of nitrogens with zero attached hydrogens (tertiary/aromatic N) is 2. The summed E-state index contributed by atoms with van der Waals surface area (Å²) < 4.78 is 0. The first kappa shape index (κ1) is 12.1.